The molecule has 1 N–H and O–H groups in total. The molecule has 3 heterocycles. The van der Waals surface area contributed by atoms with E-state index >= 15 is 0 Å². The number of nitrogens with one attached hydrogen (secondary N) is 1. The number of anilines is 1. The summed E-state index contributed by atoms with van der Waals surface area (Å²) in [6.45, 7) is 7.09. The first kappa shape index (κ1) is 27.2. The Labute approximate surface area is 232 Å². The van der Waals surface area contributed by atoms with Crippen LogP contribution in [0.5, 0.6) is 11.5 Å². The van der Waals surface area contributed by atoms with Crippen LogP contribution in [0.2, 0.25) is 0 Å². The van der Waals surface area contributed by atoms with E-state index in [0.717, 1.165) is 38.2 Å². The molecule has 0 unspecified atom stereocenters. The molecule has 210 valence electrons. The minimum absolute atomic E-state index is 0.0221. The standard InChI is InChI=1S/C30H34N4O6/c1-4-33(5-2)20-10-9-19-14-23(30(37)40-25(19)15-20)28(35)31-11-7-13-39-27-17-24-22(16-26(27)38-3)29(36)34-12-6-8-21(34)18-32-24/h9-10,14-18,21H,4-8,11-13H2,1-3H3,(H,31,35)/t21-/m0/s1. The molecular weight excluding hydrogens is 512 g/mol. The quantitative estimate of drug-likeness (QED) is 0.300. The number of carbonyl (C=O) groups is 2. The van der Waals surface area contributed by atoms with Gasteiger partial charge >= 0.3 is 5.63 Å². The molecule has 1 atom stereocenters. The molecule has 3 aromatic rings. The van der Waals surface area contributed by atoms with Crippen LogP contribution < -0.4 is 25.3 Å². The monoisotopic (exact) mass is 546 g/mol. The molecule has 1 aromatic heterocycles. The smallest absolute Gasteiger partial charge is 0.349 e. The van der Waals surface area contributed by atoms with Crippen LogP contribution in [0.3, 0.4) is 0 Å². The van der Waals surface area contributed by atoms with E-state index in [1.165, 1.54) is 7.11 Å². The minimum Gasteiger partial charge on any atom is -0.493 e. The average Bonchev–Trinajstić information content (AvgIpc) is 3.39. The van der Waals surface area contributed by atoms with Crippen LogP contribution in [0, 0.1) is 0 Å². The van der Waals surface area contributed by atoms with Gasteiger partial charge in [0.15, 0.2) is 11.5 Å². The van der Waals surface area contributed by atoms with Crippen molar-refractivity contribution in [3.8, 4) is 11.5 Å². The van der Waals surface area contributed by atoms with Crippen LogP contribution in [0.25, 0.3) is 11.0 Å². The zero-order chi connectivity index (χ0) is 28.2. The molecule has 0 saturated carbocycles. The third-order valence-corrected chi connectivity index (χ3v) is 7.42. The maximum Gasteiger partial charge on any atom is 0.349 e. The van der Waals surface area contributed by atoms with Gasteiger partial charge in [-0.2, -0.15) is 0 Å². The third kappa shape index (κ3) is 5.38. The number of amides is 2. The van der Waals surface area contributed by atoms with Crippen LogP contribution in [0.1, 0.15) is 53.8 Å². The molecule has 40 heavy (non-hydrogen) atoms. The Balaban J connectivity index is 1.19. The summed E-state index contributed by atoms with van der Waals surface area (Å²) in [7, 11) is 1.53. The molecule has 1 fully saturated rings. The second-order valence-corrected chi connectivity index (χ2v) is 9.81. The highest BCUT2D eigenvalue weighted by Crippen LogP contribution is 2.38. The highest BCUT2D eigenvalue weighted by atomic mass is 16.5. The Morgan fingerprint density at radius 1 is 1.15 bits per heavy atom. The van der Waals surface area contributed by atoms with Crippen LogP contribution >= 0.6 is 0 Å². The van der Waals surface area contributed by atoms with Gasteiger partial charge in [0.2, 0.25) is 0 Å². The lowest BCUT2D eigenvalue weighted by Crippen LogP contribution is -2.35. The van der Waals surface area contributed by atoms with Crippen LogP contribution in [0.4, 0.5) is 11.4 Å². The predicted molar refractivity (Wildman–Crippen MR) is 154 cm³/mol. The molecule has 10 heteroatoms. The van der Waals surface area contributed by atoms with Gasteiger partial charge in [-0.25, -0.2) is 4.79 Å². The van der Waals surface area contributed by atoms with Gasteiger partial charge in [0.1, 0.15) is 11.1 Å². The van der Waals surface area contributed by atoms with E-state index in [9.17, 15) is 14.4 Å². The van der Waals surface area contributed by atoms with Gasteiger partial charge in [-0.15, -0.1) is 0 Å². The Bertz CT molecular complexity index is 1510. The number of methoxy groups -OCH3 is 1. The predicted octanol–water partition coefficient (Wildman–Crippen LogP) is 4.17. The van der Waals surface area contributed by atoms with E-state index in [2.05, 4.69) is 29.1 Å². The lowest BCUT2D eigenvalue weighted by Gasteiger charge is -2.21. The second kappa shape index (κ2) is 11.8. The number of hydrogen-bond donors (Lipinski definition) is 1. The van der Waals surface area contributed by atoms with Gasteiger partial charge in [-0.3, -0.25) is 14.6 Å². The Hall–Kier alpha value is -4.34. The normalized spacial score (nSPS) is 15.9. The molecule has 0 spiro atoms. The molecule has 1 saturated heterocycles. The Morgan fingerprint density at radius 3 is 2.75 bits per heavy atom. The van der Waals surface area contributed by atoms with Gasteiger partial charge in [-0.1, -0.05) is 0 Å². The van der Waals surface area contributed by atoms with Gasteiger partial charge in [0.05, 0.1) is 31.0 Å². The van der Waals surface area contributed by atoms with Crippen molar-refractivity contribution in [2.75, 3.05) is 44.8 Å². The first-order valence-corrected chi connectivity index (χ1v) is 13.7. The van der Waals surface area contributed by atoms with Gasteiger partial charge < -0.3 is 29.0 Å². The highest BCUT2D eigenvalue weighted by Gasteiger charge is 2.32. The number of fused-ring (bicyclic) bond motifs is 3. The summed E-state index contributed by atoms with van der Waals surface area (Å²) in [4.78, 5) is 46.8. The van der Waals surface area contributed by atoms with E-state index in [1.54, 1.807) is 18.2 Å². The van der Waals surface area contributed by atoms with Crippen molar-refractivity contribution < 1.29 is 23.5 Å². The average molecular weight is 547 g/mol. The van der Waals surface area contributed by atoms with Gasteiger partial charge in [-0.05, 0) is 57.4 Å². The first-order chi connectivity index (χ1) is 19.4. The number of aliphatic imine (C=N–C) groups is 1. The second-order valence-electron chi connectivity index (χ2n) is 9.81. The number of rotatable bonds is 10. The minimum atomic E-state index is -0.678. The van der Waals surface area contributed by atoms with Crippen LogP contribution in [0.15, 0.2) is 50.6 Å². The summed E-state index contributed by atoms with van der Waals surface area (Å²) in [5, 5.41) is 3.44. The van der Waals surface area contributed by atoms with Crippen LogP contribution in [-0.2, 0) is 0 Å². The lowest BCUT2D eigenvalue weighted by molar-refractivity contribution is 0.0774. The van der Waals surface area contributed by atoms with E-state index in [1.807, 2.05) is 29.3 Å². The number of benzene rings is 2. The molecule has 2 aliphatic heterocycles. The van der Waals surface area contributed by atoms with Gasteiger partial charge in [0, 0.05) is 55.6 Å². The van der Waals surface area contributed by atoms with E-state index < -0.39 is 11.5 Å². The van der Waals surface area contributed by atoms with Crippen LogP contribution in [-0.4, -0.2) is 68.9 Å². The summed E-state index contributed by atoms with van der Waals surface area (Å²) in [6.07, 6.45) is 4.19. The molecule has 0 radical (unpaired) electrons. The molecule has 2 aliphatic rings. The molecule has 5 rings (SSSR count). The number of nitrogens with zero attached hydrogens (tertiary/aromatic N) is 3. The van der Waals surface area contributed by atoms with E-state index in [-0.39, 0.29) is 30.7 Å². The third-order valence-electron chi connectivity index (χ3n) is 7.42. The fraction of sp³-hybridized carbons (Fsp3) is 0.400. The van der Waals surface area contributed by atoms with Crippen molar-refractivity contribution in [2.24, 2.45) is 4.99 Å². The molecule has 0 bridgehead atoms. The molecule has 10 nitrogen and oxygen atoms in total. The molecule has 2 amide bonds. The Morgan fingerprint density at radius 2 is 1.98 bits per heavy atom. The van der Waals surface area contributed by atoms with E-state index in [4.69, 9.17) is 13.9 Å². The number of hydrogen-bond acceptors (Lipinski definition) is 8. The number of carbonyl (C=O) groups excluding carboxylic acids is 2. The summed E-state index contributed by atoms with van der Waals surface area (Å²) in [5.74, 6) is 0.366. The SMILES string of the molecule is CCN(CC)c1ccc2cc(C(=O)NCCCOc3cc4c(cc3OC)C(=O)N3CCC[C@H]3C=N4)c(=O)oc2c1. The zero-order valence-corrected chi connectivity index (χ0v) is 23.1. The van der Waals surface area contributed by atoms with Crippen molar-refractivity contribution in [3.05, 3.63) is 57.9 Å². The molecular formula is C30H34N4O6. The summed E-state index contributed by atoms with van der Waals surface area (Å²) in [5.41, 5.74) is 1.73. The summed E-state index contributed by atoms with van der Waals surface area (Å²) < 4.78 is 16.9. The van der Waals surface area contributed by atoms with Crippen molar-refractivity contribution in [3.63, 3.8) is 0 Å². The molecule has 0 aliphatic carbocycles. The first-order valence-electron chi connectivity index (χ1n) is 13.7. The molecule has 2 aromatic carbocycles. The largest absolute Gasteiger partial charge is 0.493 e. The van der Waals surface area contributed by atoms with Crippen molar-refractivity contribution in [1.82, 2.24) is 10.2 Å². The fourth-order valence-electron chi connectivity index (χ4n) is 5.22. The summed E-state index contributed by atoms with van der Waals surface area (Å²) in [6, 6.07) is 10.6. The van der Waals surface area contributed by atoms with E-state index in [0.29, 0.717) is 40.1 Å². The maximum absolute atomic E-state index is 13.0. The number of ether oxygens (including phenoxy) is 2. The van der Waals surface area contributed by atoms with Crippen molar-refractivity contribution >= 4 is 40.4 Å². The highest BCUT2D eigenvalue weighted by molar-refractivity contribution is 6.03. The maximum atomic E-state index is 13.0. The summed E-state index contributed by atoms with van der Waals surface area (Å²) >= 11 is 0. The van der Waals surface area contributed by atoms with Crippen molar-refractivity contribution in [2.45, 2.75) is 39.2 Å². The zero-order valence-electron chi connectivity index (χ0n) is 23.1. The Kier molecular flexibility index (Phi) is 8.04. The fourth-order valence-corrected chi connectivity index (χ4v) is 5.22. The topological polar surface area (TPSA) is 114 Å². The van der Waals surface area contributed by atoms with Crippen molar-refractivity contribution in [1.29, 1.82) is 0 Å². The lowest BCUT2D eigenvalue weighted by atomic mass is 10.1. The van der Waals surface area contributed by atoms with Gasteiger partial charge in [0.25, 0.3) is 11.8 Å².